The molecule has 2 saturated heterocycles. The number of hydrogen-bond acceptors (Lipinski definition) is 8. The van der Waals surface area contributed by atoms with Gasteiger partial charge in [-0.05, 0) is 17.8 Å². The fourth-order valence-electron chi connectivity index (χ4n) is 3.72. The summed E-state index contributed by atoms with van der Waals surface area (Å²) in [5.74, 6) is -1.93. The van der Waals surface area contributed by atoms with Crippen LogP contribution in [0, 0.1) is 23.7 Å². The van der Waals surface area contributed by atoms with E-state index in [1.54, 1.807) is 6.92 Å². The molecule has 2 heterocycles. The molecule has 0 spiro atoms. The van der Waals surface area contributed by atoms with E-state index in [1.807, 2.05) is 20.8 Å². The van der Waals surface area contributed by atoms with E-state index in [2.05, 4.69) is 0 Å². The maximum absolute atomic E-state index is 14.2. The molecule has 0 aromatic rings. The van der Waals surface area contributed by atoms with Gasteiger partial charge in [-0.15, -0.1) is 0 Å². The van der Waals surface area contributed by atoms with E-state index in [4.69, 9.17) is 23.7 Å². The predicted molar refractivity (Wildman–Crippen MR) is 99.2 cm³/mol. The molecule has 0 bridgehead atoms. The molecule has 0 aromatic heterocycles. The van der Waals surface area contributed by atoms with Gasteiger partial charge < -0.3 is 28.8 Å². The minimum Gasteiger partial charge on any atom is -0.463 e. The first-order valence-corrected chi connectivity index (χ1v) is 10.1. The maximum atomic E-state index is 14.2. The highest BCUT2D eigenvalue weighted by Crippen LogP contribution is 2.37. The molecule has 2 aliphatic rings. The van der Waals surface area contributed by atoms with Crippen LogP contribution in [0.3, 0.4) is 0 Å². The van der Waals surface area contributed by atoms with Crippen LogP contribution in [0.4, 0.5) is 4.39 Å². The van der Waals surface area contributed by atoms with Gasteiger partial charge in [-0.2, -0.15) is 0 Å². The summed E-state index contributed by atoms with van der Waals surface area (Å²) in [6.45, 7) is 9.76. The number of alkyl halides is 1. The number of halogens is 1. The Morgan fingerprint density at radius 2 is 1.41 bits per heavy atom. The molecule has 1 N–H and O–H groups in total. The number of aliphatic hydroxyl groups is 1. The highest BCUT2D eigenvalue weighted by Gasteiger charge is 2.48. The van der Waals surface area contributed by atoms with E-state index >= 15 is 0 Å². The third kappa shape index (κ3) is 5.87. The molecule has 10 unspecified atom stereocenters. The van der Waals surface area contributed by atoms with Crippen molar-refractivity contribution >= 4 is 11.9 Å². The van der Waals surface area contributed by atoms with Gasteiger partial charge in [-0.25, -0.2) is 4.39 Å². The summed E-state index contributed by atoms with van der Waals surface area (Å²) >= 11 is 0. The van der Waals surface area contributed by atoms with Crippen molar-refractivity contribution < 1.29 is 42.8 Å². The van der Waals surface area contributed by atoms with E-state index in [9.17, 15) is 19.1 Å². The molecule has 8 nitrogen and oxygen atoms in total. The van der Waals surface area contributed by atoms with Gasteiger partial charge in [0.05, 0.1) is 12.2 Å². The quantitative estimate of drug-likeness (QED) is 0.651. The van der Waals surface area contributed by atoms with E-state index in [0.717, 1.165) is 0 Å². The molecular weight excluding hydrogens is 386 g/mol. The molecular formula is C20H33FO8. The van der Waals surface area contributed by atoms with Crippen molar-refractivity contribution in [1.82, 2.24) is 0 Å². The maximum Gasteiger partial charge on any atom is 0.302 e. The van der Waals surface area contributed by atoms with Gasteiger partial charge in [0.2, 0.25) is 6.36 Å². The van der Waals surface area contributed by atoms with Crippen molar-refractivity contribution in [3.8, 4) is 0 Å². The normalized spacial score (nSPS) is 42.9. The van der Waals surface area contributed by atoms with Crippen molar-refractivity contribution in [2.45, 2.75) is 78.6 Å². The summed E-state index contributed by atoms with van der Waals surface area (Å²) < 4.78 is 41.7. The van der Waals surface area contributed by atoms with Gasteiger partial charge in [0.1, 0.15) is 25.4 Å². The van der Waals surface area contributed by atoms with Crippen molar-refractivity contribution in [3.63, 3.8) is 0 Å². The van der Waals surface area contributed by atoms with E-state index < -0.39 is 54.9 Å². The van der Waals surface area contributed by atoms with Crippen molar-refractivity contribution in [3.05, 3.63) is 0 Å². The van der Waals surface area contributed by atoms with Gasteiger partial charge in [0.15, 0.2) is 6.29 Å². The summed E-state index contributed by atoms with van der Waals surface area (Å²) in [6, 6.07) is 0. The third-order valence-electron chi connectivity index (χ3n) is 6.17. The van der Waals surface area contributed by atoms with Crippen LogP contribution in [0.25, 0.3) is 0 Å². The van der Waals surface area contributed by atoms with Gasteiger partial charge in [-0.3, -0.25) is 9.59 Å². The minimum absolute atomic E-state index is 0.0456. The molecule has 10 atom stereocenters. The highest BCUT2D eigenvalue weighted by atomic mass is 18.2. The van der Waals surface area contributed by atoms with Crippen LogP contribution in [0.2, 0.25) is 0 Å². The second-order valence-corrected chi connectivity index (χ2v) is 8.20. The monoisotopic (exact) mass is 419 g/mol. The summed E-state index contributed by atoms with van der Waals surface area (Å²) in [7, 11) is 0. The number of hydrogen-bond donors (Lipinski definition) is 1. The Hall–Kier alpha value is -1.29. The molecule has 0 aliphatic carbocycles. The topological polar surface area (TPSA) is 101 Å². The van der Waals surface area contributed by atoms with Crippen molar-refractivity contribution in [2.24, 2.45) is 23.7 Å². The molecule has 0 saturated carbocycles. The molecule has 168 valence electrons. The summed E-state index contributed by atoms with van der Waals surface area (Å²) in [5.41, 5.74) is 0. The molecule has 2 fully saturated rings. The molecule has 2 aliphatic heterocycles. The number of carbonyl (C=O) groups is 2. The Balaban J connectivity index is 2.14. The Labute approximate surface area is 171 Å². The van der Waals surface area contributed by atoms with Crippen LogP contribution in [0.1, 0.15) is 41.5 Å². The largest absolute Gasteiger partial charge is 0.463 e. The molecule has 0 amide bonds. The SMILES string of the molecule is CC(=O)OCC1OC(OC2C(COC(C)=O)OC([18F])C(C)C2C)C(O)C(C)C1C. The number of ether oxygens (including phenoxy) is 5. The highest BCUT2D eigenvalue weighted by molar-refractivity contribution is 5.66. The number of rotatable bonds is 6. The Morgan fingerprint density at radius 1 is 0.862 bits per heavy atom. The number of carbonyl (C=O) groups excluding carboxylic acids is 2. The van der Waals surface area contributed by atoms with Crippen LogP contribution in [0.15, 0.2) is 0 Å². The summed E-state index contributed by atoms with van der Waals surface area (Å²) in [4.78, 5) is 22.4. The molecule has 0 aromatic carbocycles. The third-order valence-corrected chi connectivity index (χ3v) is 6.17. The van der Waals surface area contributed by atoms with Crippen LogP contribution in [-0.2, 0) is 33.3 Å². The molecule has 29 heavy (non-hydrogen) atoms. The lowest BCUT2D eigenvalue weighted by Crippen LogP contribution is -2.57. The van der Waals surface area contributed by atoms with Crippen molar-refractivity contribution in [2.75, 3.05) is 13.2 Å². The van der Waals surface area contributed by atoms with Crippen LogP contribution in [0.5, 0.6) is 0 Å². The van der Waals surface area contributed by atoms with E-state index in [0.29, 0.717) is 0 Å². The molecule has 2 rings (SSSR count). The van der Waals surface area contributed by atoms with Gasteiger partial charge >= 0.3 is 11.9 Å². The average Bonchev–Trinajstić information content (AvgIpc) is 2.65. The first-order valence-electron chi connectivity index (χ1n) is 10.1. The first-order chi connectivity index (χ1) is 13.5. The van der Waals surface area contributed by atoms with Gasteiger partial charge in [0, 0.05) is 19.8 Å². The zero-order valence-electron chi connectivity index (χ0n) is 17.9. The lowest BCUT2D eigenvalue weighted by atomic mass is 9.83. The number of aliphatic hydroxyl groups excluding tert-OH is 1. The predicted octanol–water partition coefficient (Wildman–Crippen LogP) is 1.82. The Bertz CT molecular complexity index is 573. The number of esters is 2. The smallest absolute Gasteiger partial charge is 0.302 e. The average molecular weight is 419 g/mol. The standard InChI is InChI=1S/C20H33FO8/c1-9-10(2)17(24)20(28-15(9)7-25-13(5)22)29-18-11(3)12(4)19(21)27-16(18)8-26-14(6)23/h9-12,15-20,24H,7-8H2,1-6H3/i21-1. The minimum atomic E-state index is -1.52. The van der Waals surface area contributed by atoms with Gasteiger partial charge in [0.25, 0.3) is 0 Å². The second-order valence-electron chi connectivity index (χ2n) is 8.20. The zero-order valence-corrected chi connectivity index (χ0v) is 17.9. The van der Waals surface area contributed by atoms with Crippen LogP contribution >= 0.6 is 0 Å². The summed E-state index contributed by atoms with van der Waals surface area (Å²) in [6.07, 6.45) is -5.42. The fraction of sp³-hybridized carbons (Fsp3) is 0.900. The second kappa shape index (κ2) is 10.1. The zero-order chi connectivity index (χ0) is 21.9. The van der Waals surface area contributed by atoms with Gasteiger partial charge in [-0.1, -0.05) is 27.7 Å². The lowest BCUT2D eigenvalue weighted by molar-refractivity contribution is -0.325. The van der Waals surface area contributed by atoms with Crippen LogP contribution in [-0.4, -0.2) is 67.3 Å². The first kappa shape index (κ1) is 24.0. The molecule has 0 radical (unpaired) electrons. The fourth-order valence-corrected chi connectivity index (χ4v) is 3.72. The lowest BCUT2D eigenvalue weighted by Gasteiger charge is -2.47. The summed E-state index contributed by atoms with van der Waals surface area (Å²) in [5, 5.41) is 10.7. The Morgan fingerprint density at radius 3 is 1.97 bits per heavy atom. The van der Waals surface area contributed by atoms with Crippen LogP contribution < -0.4 is 0 Å². The van der Waals surface area contributed by atoms with E-state index in [1.165, 1.54) is 13.8 Å². The Kier molecular flexibility index (Phi) is 8.39. The van der Waals surface area contributed by atoms with E-state index in [-0.39, 0.29) is 31.0 Å². The molecule has 9 heteroatoms. The van der Waals surface area contributed by atoms with Crippen molar-refractivity contribution in [1.29, 1.82) is 0 Å².